The van der Waals surface area contributed by atoms with E-state index in [0.29, 0.717) is 30.1 Å². The van der Waals surface area contributed by atoms with Gasteiger partial charge in [0, 0.05) is 6.04 Å². The van der Waals surface area contributed by atoms with Crippen LogP contribution in [0, 0.1) is 0 Å². The van der Waals surface area contributed by atoms with Crippen LogP contribution in [-0.4, -0.2) is 23.3 Å². The lowest BCUT2D eigenvalue weighted by Crippen LogP contribution is -2.34. The van der Waals surface area contributed by atoms with Crippen LogP contribution in [0.3, 0.4) is 0 Å². The molecule has 0 spiro atoms. The van der Waals surface area contributed by atoms with Crippen molar-refractivity contribution in [2.24, 2.45) is 0 Å². The first-order valence-corrected chi connectivity index (χ1v) is 8.07. The van der Waals surface area contributed by atoms with E-state index in [9.17, 15) is 0 Å². The lowest BCUT2D eigenvalue weighted by Gasteiger charge is -2.25. The van der Waals surface area contributed by atoms with E-state index in [4.69, 9.17) is 13.7 Å². The fourth-order valence-corrected chi connectivity index (χ4v) is 3.10. The van der Waals surface area contributed by atoms with Gasteiger partial charge in [-0.05, 0) is 54.7 Å². The molecular weight excluding hydrogens is 306 g/mol. The monoisotopic (exact) mass is 325 g/mol. The van der Waals surface area contributed by atoms with Gasteiger partial charge in [0.15, 0.2) is 11.6 Å². The summed E-state index contributed by atoms with van der Waals surface area (Å²) >= 11 is 0. The average Bonchev–Trinajstić information content (AvgIpc) is 3.30. The number of fused-ring (bicyclic) bond motifs is 1. The number of rotatable bonds is 5. The van der Waals surface area contributed by atoms with Crippen molar-refractivity contribution < 1.29 is 13.7 Å². The second-order valence-electron chi connectivity index (χ2n) is 5.95. The first-order chi connectivity index (χ1) is 11.8. The molecule has 0 saturated carbocycles. The summed E-state index contributed by atoms with van der Waals surface area (Å²) < 4.78 is 15.8. The molecule has 2 aromatic heterocycles. The number of nitrogens with zero attached hydrogens (tertiary/aromatic N) is 2. The summed E-state index contributed by atoms with van der Waals surface area (Å²) in [5.74, 6) is 2.55. The molecule has 0 unspecified atom stereocenters. The fraction of sp³-hybridized carbons (Fsp3) is 0.333. The molecule has 0 fully saturated rings. The van der Waals surface area contributed by atoms with Gasteiger partial charge in [-0.1, -0.05) is 11.2 Å². The molecule has 3 aromatic rings. The van der Waals surface area contributed by atoms with E-state index in [0.717, 1.165) is 25.0 Å². The molecule has 6 heteroatoms. The Bertz CT molecular complexity index is 811. The van der Waals surface area contributed by atoms with Crippen LogP contribution in [0.4, 0.5) is 0 Å². The van der Waals surface area contributed by atoms with Crippen LogP contribution in [0.15, 0.2) is 45.5 Å². The lowest BCUT2D eigenvalue weighted by atomic mass is 9.88. The Kier molecular flexibility index (Phi) is 4.04. The van der Waals surface area contributed by atoms with Gasteiger partial charge in [0.1, 0.15) is 5.75 Å². The summed E-state index contributed by atoms with van der Waals surface area (Å²) in [7, 11) is 1.70. The standard InChI is InChI=1S/C18H19N3O3/c1-22-15-7-5-12-4-6-14(9-13(12)10-15)19-11-17-20-18(24-21-17)16-3-2-8-23-16/h2-3,5,7-8,10,14,19H,4,6,9,11H2,1H3/t14-/m1/s1. The van der Waals surface area contributed by atoms with Gasteiger partial charge in [0.25, 0.3) is 5.89 Å². The highest BCUT2D eigenvalue weighted by Crippen LogP contribution is 2.25. The van der Waals surface area contributed by atoms with Gasteiger partial charge in [0.05, 0.1) is 19.9 Å². The highest BCUT2D eigenvalue weighted by atomic mass is 16.5. The van der Waals surface area contributed by atoms with Crippen LogP contribution in [0.5, 0.6) is 5.75 Å². The molecule has 0 aliphatic heterocycles. The van der Waals surface area contributed by atoms with E-state index in [1.165, 1.54) is 11.1 Å². The zero-order chi connectivity index (χ0) is 16.4. The molecule has 1 aliphatic carbocycles. The molecule has 4 rings (SSSR count). The van der Waals surface area contributed by atoms with Crippen LogP contribution >= 0.6 is 0 Å². The predicted octanol–water partition coefficient (Wildman–Crippen LogP) is 2.99. The number of hydrogen-bond donors (Lipinski definition) is 1. The largest absolute Gasteiger partial charge is 0.497 e. The molecule has 0 radical (unpaired) electrons. The van der Waals surface area contributed by atoms with Crippen LogP contribution in [0.1, 0.15) is 23.4 Å². The summed E-state index contributed by atoms with van der Waals surface area (Å²) in [5, 5.41) is 7.52. The summed E-state index contributed by atoms with van der Waals surface area (Å²) in [6.45, 7) is 0.578. The molecule has 0 amide bonds. The van der Waals surface area contributed by atoms with Gasteiger partial charge < -0.3 is 19.0 Å². The van der Waals surface area contributed by atoms with E-state index >= 15 is 0 Å². The second-order valence-corrected chi connectivity index (χ2v) is 5.95. The minimum Gasteiger partial charge on any atom is -0.497 e. The van der Waals surface area contributed by atoms with Crippen molar-refractivity contribution in [3.05, 3.63) is 53.5 Å². The van der Waals surface area contributed by atoms with E-state index in [-0.39, 0.29) is 0 Å². The number of ether oxygens (including phenoxy) is 1. The third-order valence-corrected chi connectivity index (χ3v) is 4.39. The van der Waals surface area contributed by atoms with Gasteiger partial charge in [-0.3, -0.25) is 0 Å². The Hall–Kier alpha value is -2.60. The lowest BCUT2D eigenvalue weighted by molar-refractivity contribution is 0.396. The van der Waals surface area contributed by atoms with Gasteiger partial charge in [0.2, 0.25) is 0 Å². The maximum Gasteiger partial charge on any atom is 0.293 e. The molecule has 0 bridgehead atoms. The van der Waals surface area contributed by atoms with Crippen molar-refractivity contribution >= 4 is 0 Å². The van der Waals surface area contributed by atoms with Crippen LogP contribution in [-0.2, 0) is 19.4 Å². The number of methoxy groups -OCH3 is 1. The quantitative estimate of drug-likeness (QED) is 0.777. The Morgan fingerprint density at radius 2 is 2.25 bits per heavy atom. The Labute approximate surface area is 139 Å². The molecule has 124 valence electrons. The SMILES string of the molecule is COc1ccc2c(c1)C[C@H](NCc1noc(-c3ccco3)n1)CC2. The molecule has 24 heavy (non-hydrogen) atoms. The summed E-state index contributed by atoms with van der Waals surface area (Å²) in [4.78, 5) is 4.35. The highest BCUT2D eigenvalue weighted by Gasteiger charge is 2.20. The second kappa shape index (κ2) is 6.49. The van der Waals surface area contributed by atoms with Crippen LogP contribution in [0.2, 0.25) is 0 Å². The number of aryl methyl sites for hydroxylation is 1. The highest BCUT2D eigenvalue weighted by molar-refractivity contribution is 5.42. The minimum absolute atomic E-state index is 0.398. The molecular formula is C18H19N3O3. The molecule has 6 nitrogen and oxygen atoms in total. The van der Waals surface area contributed by atoms with Gasteiger partial charge in [-0.2, -0.15) is 4.98 Å². The first-order valence-electron chi connectivity index (χ1n) is 8.07. The zero-order valence-corrected chi connectivity index (χ0v) is 13.5. The number of furan rings is 1. The molecule has 1 aliphatic rings. The van der Waals surface area contributed by atoms with Gasteiger partial charge in [-0.15, -0.1) is 0 Å². The zero-order valence-electron chi connectivity index (χ0n) is 13.5. The van der Waals surface area contributed by atoms with E-state index in [1.54, 1.807) is 25.5 Å². The van der Waals surface area contributed by atoms with Crippen molar-refractivity contribution in [2.45, 2.75) is 31.8 Å². The Balaban J connectivity index is 1.38. The van der Waals surface area contributed by atoms with E-state index in [2.05, 4.69) is 27.6 Å². The maximum absolute atomic E-state index is 5.32. The third-order valence-electron chi connectivity index (χ3n) is 4.39. The number of aromatic nitrogens is 2. The number of hydrogen-bond acceptors (Lipinski definition) is 6. The van der Waals surface area contributed by atoms with Crippen LogP contribution < -0.4 is 10.1 Å². The van der Waals surface area contributed by atoms with Crippen molar-refractivity contribution in [3.8, 4) is 17.4 Å². The van der Waals surface area contributed by atoms with Crippen molar-refractivity contribution in [2.75, 3.05) is 7.11 Å². The smallest absolute Gasteiger partial charge is 0.293 e. The number of benzene rings is 1. The minimum atomic E-state index is 0.398. The molecule has 1 aromatic carbocycles. The molecule has 1 atom stereocenters. The van der Waals surface area contributed by atoms with E-state index in [1.807, 2.05) is 6.07 Å². The van der Waals surface area contributed by atoms with Gasteiger partial charge in [-0.25, -0.2) is 0 Å². The topological polar surface area (TPSA) is 73.3 Å². The molecule has 2 heterocycles. The molecule has 0 saturated heterocycles. The normalized spacial score (nSPS) is 16.8. The molecule has 1 N–H and O–H groups in total. The van der Waals surface area contributed by atoms with Crippen molar-refractivity contribution in [1.82, 2.24) is 15.5 Å². The maximum atomic E-state index is 5.32. The predicted molar refractivity (Wildman–Crippen MR) is 87.6 cm³/mol. The van der Waals surface area contributed by atoms with Gasteiger partial charge >= 0.3 is 0 Å². The summed E-state index contributed by atoms with van der Waals surface area (Å²) in [6, 6.07) is 10.3. The average molecular weight is 325 g/mol. The van der Waals surface area contributed by atoms with Crippen LogP contribution in [0.25, 0.3) is 11.7 Å². The Morgan fingerprint density at radius 3 is 3.08 bits per heavy atom. The fourth-order valence-electron chi connectivity index (χ4n) is 3.10. The first kappa shape index (κ1) is 15.0. The van der Waals surface area contributed by atoms with Crippen molar-refractivity contribution in [1.29, 1.82) is 0 Å². The third kappa shape index (κ3) is 3.05. The van der Waals surface area contributed by atoms with E-state index < -0.39 is 0 Å². The summed E-state index contributed by atoms with van der Waals surface area (Å²) in [6.07, 6.45) is 4.74. The van der Waals surface area contributed by atoms with Crippen molar-refractivity contribution in [3.63, 3.8) is 0 Å². The summed E-state index contributed by atoms with van der Waals surface area (Å²) in [5.41, 5.74) is 2.76. The number of nitrogens with one attached hydrogen (secondary N) is 1. The Morgan fingerprint density at radius 1 is 1.29 bits per heavy atom.